The molecule has 0 aromatic rings. The van der Waals surface area contributed by atoms with E-state index in [-0.39, 0.29) is 25.3 Å². The maximum absolute atomic E-state index is 12.0. The number of nitrogens with one attached hydrogen (secondary N) is 2. The van der Waals surface area contributed by atoms with Crippen molar-refractivity contribution in [1.29, 1.82) is 0 Å². The third-order valence-corrected chi connectivity index (χ3v) is 4.18. The van der Waals surface area contributed by atoms with Gasteiger partial charge in [0.15, 0.2) is 0 Å². The molecule has 0 aromatic carbocycles. The lowest BCUT2D eigenvalue weighted by molar-refractivity contribution is -0.142. The summed E-state index contributed by atoms with van der Waals surface area (Å²) in [4.78, 5) is 25.4. The first-order valence-electron chi connectivity index (χ1n) is 7.70. The Morgan fingerprint density at radius 3 is 2.57 bits per heavy atom. The van der Waals surface area contributed by atoms with Crippen LogP contribution in [0.4, 0.5) is 4.79 Å². The summed E-state index contributed by atoms with van der Waals surface area (Å²) in [5.41, 5.74) is 0. The number of hydrogen-bond acceptors (Lipinski definition) is 4. The molecule has 2 atom stereocenters. The Labute approximate surface area is 125 Å². The molecule has 0 saturated carbocycles. The topological polar surface area (TPSA) is 90.9 Å². The minimum Gasteiger partial charge on any atom is -0.481 e. The fraction of sp³-hybridized carbons (Fsp3) is 0.857. The summed E-state index contributed by atoms with van der Waals surface area (Å²) in [6, 6.07) is -0.558. The first kappa shape index (κ1) is 16.0. The highest BCUT2D eigenvalue weighted by atomic mass is 16.5. The number of likely N-dealkylation sites (tertiary alicyclic amines) is 1. The number of hydrogen-bond donors (Lipinski definition) is 3. The number of rotatable bonds is 5. The van der Waals surface area contributed by atoms with Crippen molar-refractivity contribution >= 4 is 12.0 Å². The second kappa shape index (κ2) is 7.61. The maximum Gasteiger partial charge on any atom is 0.315 e. The van der Waals surface area contributed by atoms with Crippen molar-refractivity contribution in [2.24, 2.45) is 5.92 Å². The van der Waals surface area contributed by atoms with Gasteiger partial charge >= 0.3 is 12.0 Å². The molecule has 2 aliphatic rings. The molecule has 7 nitrogen and oxygen atoms in total. The lowest BCUT2D eigenvalue weighted by Gasteiger charge is -2.32. The van der Waals surface area contributed by atoms with Gasteiger partial charge in [-0.3, -0.25) is 4.79 Å². The zero-order chi connectivity index (χ0) is 15.2. The van der Waals surface area contributed by atoms with Crippen LogP contribution in [-0.2, 0) is 9.53 Å². The van der Waals surface area contributed by atoms with Gasteiger partial charge in [0.25, 0.3) is 0 Å². The Bertz CT molecular complexity index is 369. The molecule has 0 aliphatic carbocycles. The van der Waals surface area contributed by atoms with Gasteiger partial charge in [-0.2, -0.15) is 0 Å². The predicted molar refractivity (Wildman–Crippen MR) is 77.2 cm³/mol. The Morgan fingerprint density at radius 1 is 1.24 bits per heavy atom. The largest absolute Gasteiger partial charge is 0.481 e. The standard InChI is InChI=1S/C14H25N3O4/c1-2-5-17-6-3-10(4-7-17)15-14(20)16-12-9-21-8-11(12)13(18)19/h10-12H,2-9H2,1H3,(H,18,19)(H2,15,16,20). The SMILES string of the molecule is CCCN1CCC(NC(=O)NC2COCC2C(=O)O)CC1. The van der Waals surface area contributed by atoms with Gasteiger partial charge in [-0.25, -0.2) is 4.79 Å². The number of ether oxygens (including phenoxy) is 1. The molecule has 0 spiro atoms. The summed E-state index contributed by atoms with van der Waals surface area (Å²) in [5.74, 6) is -1.58. The van der Waals surface area contributed by atoms with E-state index in [9.17, 15) is 9.59 Å². The second-order valence-electron chi connectivity index (χ2n) is 5.82. The Hall–Kier alpha value is -1.34. The van der Waals surface area contributed by atoms with Crippen molar-refractivity contribution < 1.29 is 19.4 Å². The third-order valence-electron chi connectivity index (χ3n) is 4.18. The van der Waals surface area contributed by atoms with Crippen molar-refractivity contribution in [3.8, 4) is 0 Å². The van der Waals surface area contributed by atoms with Crippen LogP contribution in [0.2, 0.25) is 0 Å². The minimum atomic E-state index is -0.925. The summed E-state index contributed by atoms with van der Waals surface area (Å²) in [7, 11) is 0. The molecule has 2 fully saturated rings. The molecule has 2 rings (SSSR count). The lowest BCUT2D eigenvalue weighted by atomic mass is 10.0. The van der Waals surface area contributed by atoms with Gasteiger partial charge in [-0.05, 0) is 25.8 Å². The van der Waals surface area contributed by atoms with Gasteiger partial charge in [-0.15, -0.1) is 0 Å². The zero-order valence-electron chi connectivity index (χ0n) is 12.5. The summed E-state index contributed by atoms with van der Waals surface area (Å²) in [6.45, 7) is 5.71. The quantitative estimate of drug-likeness (QED) is 0.677. The van der Waals surface area contributed by atoms with E-state index in [1.165, 1.54) is 0 Å². The first-order chi connectivity index (χ1) is 10.1. The van der Waals surface area contributed by atoms with Crippen LogP contribution in [0.15, 0.2) is 0 Å². The van der Waals surface area contributed by atoms with E-state index in [4.69, 9.17) is 9.84 Å². The van der Waals surface area contributed by atoms with Crippen LogP contribution in [0.25, 0.3) is 0 Å². The second-order valence-corrected chi connectivity index (χ2v) is 5.82. The molecule has 3 N–H and O–H groups in total. The highest BCUT2D eigenvalue weighted by molar-refractivity contribution is 5.77. The highest BCUT2D eigenvalue weighted by Gasteiger charge is 2.35. The molecule has 0 bridgehead atoms. The first-order valence-corrected chi connectivity index (χ1v) is 7.70. The molecule has 2 heterocycles. The van der Waals surface area contributed by atoms with Gasteiger partial charge in [0, 0.05) is 19.1 Å². The molecule has 0 aromatic heterocycles. The monoisotopic (exact) mass is 299 g/mol. The van der Waals surface area contributed by atoms with Crippen molar-refractivity contribution in [3.63, 3.8) is 0 Å². The van der Waals surface area contributed by atoms with E-state index in [1.54, 1.807) is 0 Å². The fourth-order valence-corrected chi connectivity index (χ4v) is 2.95. The average molecular weight is 299 g/mol. The maximum atomic E-state index is 12.0. The van der Waals surface area contributed by atoms with E-state index in [1.807, 2.05) is 0 Å². The number of nitrogens with zero attached hydrogens (tertiary/aromatic N) is 1. The number of aliphatic carboxylic acids is 1. The van der Waals surface area contributed by atoms with E-state index in [0.717, 1.165) is 38.9 Å². The molecule has 120 valence electrons. The summed E-state index contributed by atoms with van der Waals surface area (Å²) in [5, 5.41) is 14.7. The van der Waals surface area contributed by atoms with Gasteiger partial charge in [0.1, 0.15) is 5.92 Å². The number of carbonyl (C=O) groups excluding carboxylic acids is 1. The molecule has 2 aliphatic heterocycles. The van der Waals surface area contributed by atoms with E-state index < -0.39 is 17.9 Å². The molecule has 0 radical (unpaired) electrons. The van der Waals surface area contributed by atoms with E-state index in [0.29, 0.717) is 0 Å². The van der Waals surface area contributed by atoms with Crippen LogP contribution in [0.1, 0.15) is 26.2 Å². The van der Waals surface area contributed by atoms with Gasteiger partial charge in [0.2, 0.25) is 0 Å². The van der Waals surface area contributed by atoms with Crippen LogP contribution < -0.4 is 10.6 Å². The summed E-state index contributed by atoms with van der Waals surface area (Å²) < 4.78 is 5.13. The van der Waals surface area contributed by atoms with Gasteiger partial charge in [0.05, 0.1) is 19.3 Å². The van der Waals surface area contributed by atoms with Crippen LogP contribution in [0.5, 0.6) is 0 Å². The average Bonchev–Trinajstić information content (AvgIpc) is 2.89. The van der Waals surface area contributed by atoms with Gasteiger partial charge < -0.3 is 25.4 Å². The molecule has 2 unspecified atom stereocenters. The number of carboxylic acid groups (broad SMARTS) is 1. The van der Waals surface area contributed by atoms with Crippen molar-refractivity contribution in [2.45, 2.75) is 38.3 Å². The number of carboxylic acids is 1. The number of carbonyl (C=O) groups is 2. The molecule has 21 heavy (non-hydrogen) atoms. The smallest absolute Gasteiger partial charge is 0.315 e. The van der Waals surface area contributed by atoms with Crippen molar-refractivity contribution in [3.05, 3.63) is 0 Å². The van der Waals surface area contributed by atoms with Crippen LogP contribution in [0.3, 0.4) is 0 Å². The molecular weight excluding hydrogens is 274 g/mol. The normalized spacial score (nSPS) is 27.5. The van der Waals surface area contributed by atoms with Crippen LogP contribution in [0, 0.1) is 5.92 Å². The van der Waals surface area contributed by atoms with E-state index in [2.05, 4.69) is 22.5 Å². The molecule has 7 heteroatoms. The van der Waals surface area contributed by atoms with Crippen molar-refractivity contribution in [2.75, 3.05) is 32.8 Å². The van der Waals surface area contributed by atoms with E-state index >= 15 is 0 Å². The predicted octanol–water partition coefficient (Wildman–Crippen LogP) is 0.260. The third kappa shape index (κ3) is 4.57. The summed E-state index contributed by atoms with van der Waals surface area (Å²) in [6.07, 6.45) is 3.03. The Kier molecular flexibility index (Phi) is 5.81. The number of piperidine rings is 1. The Morgan fingerprint density at radius 2 is 1.95 bits per heavy atom. The fourth-order valence-electron chi connectivity index (χ4n) is 2.95. The van der Waals surface area contributed by atoms with Crippen molar-refractivity contribution in [1.82, 2.24) is 15.5 Å². The van der Waals surface area contributed by atoms with Crippen LogP contribution >= 0.6 is 0 Å². The van der Waals surface area contributed by atoms with Gasteiger partial charge in [-0.1, -0.05) is 6.92 Å². The minimum absolute atomic E-state index is 0.162. The van der Waals surface area contributed by atoms with Crippen LogP contribution in [-0.4, -0.2) is 66.9 Å². The highest BCUT2D eigenvalue weighted by Crippen LogP contribution is 2.14. The molecular formula is C14H25N3O4. The summed E-state index contributed by atoms with van der Waals surface area (Å²) >= 11 is 0. The molecule has 2 amide bonds. The molecule has 2 saturated heterocycles. The Balaban J connectivity index is 1.71. The zero-order valence-corrected chi connectivity index (χ0v) is 12.5. The number of amides is 2. The number of urea groups is 1. The lowest BCUT2D eigenvalue weighted by Crippen LogP contribution is -2.52.